The van der Waals surface area contributed by atoms with Crippen molar-refractivity contribution in [3.8, 4) is 0 Å². The van der Waals surface area contributed by atoms with Crippen LogP contribution in [0.3, 0.4) is 0 Å². The lowest BCUT2D eigenvalue weighted by atomic mass is 10.2. The van der Waals surface area contributed by atoms with E-state index in [-0.39, 0.29) is 5.91 Å². The highest BCUT2D eigenvalue weighted by molar-refractivity contribution is 7.99. The summed E-state index contributed by atoms with van der Waals surface area (Å²) in [5, 5.41) is 8.60. The normalized spacial score (nSPS) is 11.9. The lowest BCUT2D eigenvalue weighted by Gasteiger charge is -2.20. The van der Waals surface area contributed by atoms with Gasteiger partial charge in [0.2, 0.25) is 5.91 Å². The molecule has 0 aliphatic rings. The van der Waals surface area contributed by atoms with Gasteiger partial charge in [0.15, 0.2) is 0 Å². The van der Waals surface area contributed by atoms with Gasteiger partial charge in [-0.1, -0.05) is 12.2 Å². The Hall–Kier alpha value is -1.01. The molecule has 0 aliphatic carbocycles. The average molecular weight is 274 g/mol. The number of likely N-dealkylation sites (N-methyl/N-ethyl adjacent to an activating group) is 1. The summed E-state index contributed by atoms with van der Waals surface area (Å²) in [7, 11) is 0. The van der Waals surface area contributed by atoms with Gasteiger partial charge in [-0.2, -0.15) is 11.8 Å². The van der Waals surface area contributed by atoms with Gasteiger partial charge >= 0.3 is 5.97 Å². The Morgan fingerprint density at radius 3 is 2.56 bits per heavy atom. The summed E-state index contributed by atoms with van der Waals surface area (Å²) in [6.07, 6.45) is 0.375. The van der Waals surface area contributed by atoms with Gasteiger partial charge in [0.05, 0.1) is 5.75 Å². The number of rotatable bonds is 9. The molecule has 6 heteroatoms. The Kier molecular flexibility index (Phi) is 8.49. The highest BCUT2D eigenvalue weighted by Gasteiger charge is 2.13. The first kappa shape index (κ1) is 17.0. The standard InChI is InChI=1S/C12H22N2O3S/c1-4-14(7-9(2)3)11(15)8-18-6-5-10(13)12(16)17/h10H,2,4-8,13H2,1,3H3,(H,16,17). The Bertz CT molecular complexity index is 308. The third-order valence-electron chi connectivity index (χ3n) is 2.31. The summed E-state index contributed by atoms with van der Waals surface area (Å²) >= 11 is 1.41. The summed E-state index contributed by atoms with van der Waals surface area (Å²) in [6, 6.07) is -0.842. The van der Waals surface area contributed by atoms with E-state index < -0.39 is 12.0 Å². The number of amides is 1. The molecule has 0 spiro atoms. The van der Waals surface area contributed by atoms with Crippen molar-refractivity contribution in [1.29, 1.82) is 0 Å². The van der Waals surface area contributed by atoms with Crippen LogP contribution in [0.5, 0.6) is 0 Å². The number of hydrogen-bond acceptors (Lipinski definition) is 4. The van der Waals surface area contributed by atoms with Crippen molar-refractivity contribution in [2.75, 3.05) is 24.6 Å². The fourth-order valence-corrected chi connectivity index (χ4v) is 2.21. The number of carbonyl (C=O) groups is 2. The molecule has 0 heterocycles. The van der Waals surface area contributed by atoms with Crippen molar-refractivity contribution in [3.63, 3.8) is 0 Å². The molecule has 104 valence electrons. The number of carbonyl (C=O) groups excluding carboxylic acids is 1. The number of aliphatic carboxylic acids is 1. The van der Waals surface area contributed by atoms with E-state index in [2.05, 4.69) is 6.58 Å². The van der Waals surface area contributed by atoms with Crippen molar-refractivity contribution in [1.82, 2.24) is 4.90 Å². The van der Waals surface area contributed by atoms with Crippen molar-refractivity contribution >= 4 is 23.6 Å². The Morgan fingerprint density at radius 2 is 2.11 bits per heavy atom. The van der Waals surface area contributed by atoms with Gasteiger partial charge in [0, 0.05) is 13.1 Å². The predicted octanol–water partition coefficient (Wildman–Crippen LogP) is 0.946. The first-order chi connectivity index (χ1) is 8.38. The smallest absolute Gasteiger partial charge is 0.320 e. The van der Waals surface area contributed by atoms with E-state index >= 15 is 0 Å². The van der Waals surface area contributed by atoms with Crippen LogP contribution in [0, 0.1) is 0 Å². The van der Waals surface area contributed by atoms with Crippen LogP contribution in [0.25, 0.3) is 0 Å². The largest absolute Gasteiger partial charge is 0.480 e. The molecular formula is C12H22N2O3S. The number of thioether (sulfide) groups is 1. The molecule has 0 bridgehead atoms. The number of nitrogens with two attached hydrogens (primary N) is 1. The zero-order chi connectivity index (χ0) is 14.1. The number of nitrogens with zero attached hydrogens (tertiary/aromatic N) is 1. The highest BCUT2D eigenvalue weighted by Crippen LogP contribution is 2.07. The molecule has 0 saturated carbocycles. The molecule has 1 amide bonds. The van der Waals surface area contributed by atoms with Gasteiger partial charge in [0.1, 0.15) is 6.04 Å². The van der Waals surface area contributed by atoms with Crippen LogP contribution in [0.1, 0.15) is 20.3 Å². The number of hydrogen-bond donors (Lipinski definition) is 2. The molecule has 5 nitrogen and oxygen atoms in total. The summed E-state index contributed by atoms with van der Waals surface area (Å²) in [4.78, 5) is 24.0. The summed E-state index contributed by atoms with van der Waals surface area (Å²) in [5.41, 5.74) is 6.31. The van der Waals surface area contributed by atoms with E-state index in [1.807, 2.05) is 13.8 Å². The fraction of sp³-hybridized carbons (Fsp3) is 0.667. The van der Waals surface area contributed by atoms with E-state index in [0.717, 1.165) is 5.57 Å². The van der Waals surface area contributed by atoms with Crippen LogP contribution < -0.4 is 5.73 Å². The second kappa shape index (κ2) is 8.99. The molecule has 18 heavy (non-hydrogen) atoms. The summed E-state index contributed by atoms with van der Waals surface area (Å²) < 4.78 is 0. The van der Waals surface area contributed by atoms with E-state index in [1.165, 1.54) is 11.8 Å². The Balaban J connectivity index is 3.88. The highest BCUT2D eigenvalue weighted by atomic mass is 32.2. The van der Waals surface area contributed by atoms with Gasteiger partial charge in [-0.05, 0) is 26.0 Å². The summed E-state index contributed by atoms with van der Waals surface area (Å²) in [6.45, 7) is 8.82. The minimum absolute atomic E-state index is 0.0504. The zero-order valence-corrected chi connectivity index (χ0v) is 11.8. The molecule has 0 fully saturated rings. The predicted molar refractivity (Wildman–Crippen MR) is 74.6 cm³/mol. The van der Waals surface area contributed by atoms with E-state index in [9.17, 15) is 9.59 Å². The SMILES string of the molecule is C=C(C)CN(CC)C(=O)CSCCC(N)C(=O)O. The molecule has 0 rings (SSSR count). The molecular weight excluding hydrogens is 252 g/mol. The third kappa shape index (κ3) is 7.34. The van der Waals surface area contributed by atoms with Crippen LogP contribution in [-0.4, -0.2) is 52.5 Å². The second-order valence-corrected chi connectivity index (χ2v) is 5.26. The topological polar surface area (TPSA) is 83.6 Å². The molecule has 0 saturated heterocycles. The molecule has 1 atom stereocenters. The molecule has 3 N–H and O–H groups in total. The minimum atomic E-state index is -1.00. The van der Waals surface area contributed by atoms with Crippen LogP contribution in [-0.2, 0) is 9.59 Å². The Labute approximate surface area is 112 Å². The fourth-order valence-electron chi connectivity index (χ4n) is 1.29. The quantitative estimate of drug-likeness (QED) is 0.483. The van der Waals surface area contributed by atoms with Gasteiger partial charge in [0.25, 0.3) is 0 Å². The minimum Gasteiger partial charge on any atom is -0.480 e. The van der Waals surface area contributed by atoms with Gasteiger partial charge < -0.3 is 15.7 Å². The second-order valence-electron chi connectivity index (χ2n) is 4.15. The molecule has 0 aliphatic heterocycles. The first-order valence-electron chi connectivity index (χ1n) is 5.86. The maximum absolute atomic E-state index is 11.8. The molecule has 0 aromatic rings. The number of carboxylic acids is 1. The summed E-state index contributed by atoms with van der Waals surface area (Å²) in [5.74, 6) is -0.0223. The van der Waals surface area contributed by atoms with Crippen molar-refractivity contribution in [3.05, 3.63) is 12.2 Å². The van der Waals surface area contributed by atoms with Gasteiger partial charge in [-0.15, -0.1) is 0 Å². The monoisotopic (exact) mass is 274 g/mol. The van der Waals surface area contributed by atoms with E-state index in [0.29, 0.717) is 31.0 Å². The average Bonchev–Trinajstić information content (AvgIpc) is 2.30. The molecule has 0 aromatic carbocycles. The zero-order valence-electron chi connectivity index (χ0n) is 11.0. The molecule has 0 radical (unpaired) electrons. The lowest BCUT2D eigenvalue weighted by molar-refractivity contribution is -0.138. The van der Waals surface area contributed by atoms with Crippen molar-refractivity contribution in [2.45, 2.75) is 26.3 Å². The van der Waals surface area contributed by atoms with Crippen LogP contribution >= 0.6 is 11.8 Å². The number of carboxylic acid groups (broad SMARTS) is 1. The Morgan fingerprint density at radius 1 is 1.50 bits per heavy atom. The van der Waals surface area contributed by atoms with Crippen LogP contribution in [0.2, 0.25) is 0 Å². The molecule has 1 unspecified atom stereocenters. The van der Waals surface area contributed by atoms with Crippen molar-refractivity contribution < 1.29 is 14.7 Å². The van der Waals surface area contributed by atoms with E-state index in [4.69, 9.17) is 10.8 Å². The van der Waals surface area contributed by atoms with Gasteiger partial charge in [-0.3, -0.25) is 9.59 Å². The maximum Gasteiger partial charge on any atom is 0.320 e. The first-order valence-corrected chi connectivity index (χ1v) is 7.02. The van der Waals surface area contributed by atoms with E-state index in [1.54, 1.807) is 4.90 Å². The maximum atomic E-state index is 11.8. The van der Waals surface area contributed by atoms with Gasteiger partial charge in [-0.25, -0.2) is 0 Å². The third-order valence-corrected chi connectivity index (χ3v) is 3.29. The molecule has 0 aromatic heterocycles. The van der Waals surface area contributed by atoms with Crippen LogP contribution in [0.15, 0.2) is 12.2 Å². The van der Waals surface area contributed by atoms with Crippen molar-refractivity contribution in [2.24, 2.45) is 5.73 Å². The van der Waals surface area contributed by atoms with Crippen LogP contribution in [0.4, 0.5) is 0 Å². The lowest BCUT2D eigenvalue weighted by Crippen LogP contribution is -2.34.